The van der Waals surface area contributed by atoms with Gasteiger partial charge in [-0.1, -0.05) is 13.8 Å². The minimum Gasteiger partial charge on any atom is -0.482 e. The highest BCUT2D eigenvalue weighted by molar-refractivity contribution is 7.91. The second-order valence-electron chi connectivity index (χ2n) is 6.46. The van der Waals surface area contributed by atoms with E-state index in [1.165, 1.54) is 48.5 Å². The summed E-state index contributed by atoms with van der Waals surface area (Å²) in [6, 6.07) is 11.5. The van der Waals surface area contributed by atoms with Crippen molar-refractivity contribution < 1.29 is 37.0 Å². The summed E-state index contributed by atoms with van der Waals surface area (Å²) in [7, 11) is -3.75. The van der Waals surface area contributed by atoms with Crippen molar-refractivity contribution in [3.8, 4) is 11.5 Å². The zero-order valence-electron chi connectivity index (χ0n) is 17.5. The smallest absolute Gasteiger partial charge is 0.344 e. The van der Waals surface area contributed by atoms with Gasteiger partial charge in [0.1, 0.15) is 11.5 Å². The van der Waals surface area contributed by atoms with Crippen LogP contribution >= 0.6 is 0 Å². The maximum absolute atomic E-state index is 12.8. The van der Waals surface area contributed by atoms with Crippen LogP contribution in [0.3, 0.4) is 0 Å². The average Bonchev–Trinajstić information content (AvgIpc) is 2.79. The molecule has 2 aromatic rings. The maximum atomic E-state index is 12.8. The van der Waals surface area contributed by atoms with Crippen LogP contribution < -0.4 is 9.47 Å². The summed E-state index contributed by atoms with van der Waals surface area (Å²) < 4.78 is 46.0. The highest BCUT2D eigenvalue weighted by Crippen LogP contribution is 2.25. The van der Waals surface area contributed by atoms with E-state index >= 15 is 0 Å². The number of carbonyl (C=O) groups excluding carboxylic acids is 2. The first-order valence-corrected chi connectivity index (χ1v) is 11.4. The maximum Gasteiger partial charge on any atom is 0.344 e. The molecule has 2 rings (SSSR count). The highest BCUT2D eigenvalue weighted by atomic mass is 32.2. The summed E-state index contributed by atoms with van der Waals surface area (Å²) in [4.78, 5) is 23.1. The van der Waals surface area contributed by atoms with Crippen molar-refractivity contribution in [1.82, 2.24) is 0 Å². The van der Waals surface area contributed by atoms with Gasteiger partial charge in [-0.3, -0.25) is 0 Å². The van der Waals surface area contributed by atoms with Crippen LogP contribution in [0.5, 0.6) is 11.5 Å². The summed E-state index contributed by atoms with van der Waals surface area (Å²) in [5.41, 5.74) is 0. The summed E-state index contributed by atoms with van der Waals surface area (Å²) in [6.07, 6.45) is 1.44. The first-order chi connectivity index (χ1) is 14.9. The Morgan fingerprint density at radius 1 is 0.677 bits per heavy atom. The van der Waals surface area contributed by atoms with E-state index in [9.17, 15) is 18.0 Å². The zero-order chi connectivity index (χ0) is 22.7. The van der Waals surface area contributed by atoms with Crippen LogP contribution in [0.2, 0.25) is 0 Å². The molecule has 0 aromatic heterocycles. The van der Waals surface area contributed by atoms with Gasteiger partial charge in [-0.2, -0.15) is 0 Å². The van der Waals surface area contributed by atoms with Gasteiger partial charge in [0, 0.05) is 0 Å². The number of sulfone groups is 1. The molecular weight excluding hydrogens is 424 g/mol. The van der Waals surface area contributed by atoms with E-state index in [0.29, 0.717) is 24.7 Å². The van der Waals surface area contributed by atoms with Crippen molar-refractivity contribution in [1.29, 1.82) is 0 Å². The van der Waals surface area contributed by atoms with Crippen LogP contribution in [0.25, 0.3) is 0 Å². The molecule has 0 fully saturated rings. The summed E-state index contributed by atoms with van der Waals surface area (Å²) in [5.74, 6) is -0.267. The third-order valence-corrected chi connectivity index (χ3v) is 5.70. The number of hydrogen-bond acceptors (Lipinski definition) is 8. The van der Waals surface area contributed by atoms with E-state index in [2.05, 4.69) is 0 Å². The number of esters is 2. The molecule has 168 valence electrons. The molecule has 0 saturated carbocycles. The molecule has 0 aliphatic carbocycles. The average molecular weight is 451 g/mol. The molecule has 2 aromatic carbocycles. The van der Waals surface area contributed by atoms with Crippen molar-refractivity contribution >= 4 is 21.8 Å². The minimum absolute atomic E-state index is 0.0743. The summed E-state index contributed by atoms with van der Waals surface area (Å²) in [5, 5.41) is 0. The largest absolute Gasteiger partial charge is 0.482 e. The third kappa shape index (κ3) is 7.60. The van der Waals surface area contributed by atoms with E-state index in [1.54, 1.807) is 0 Å². The Labute approximate surface area is 182 Å². The molecular formula is C22H26O8S. The molecule has 0 radical (unpaired) electrons. The van der Waals surface area contributed by atoms with E-state index in [-0.39, 0.29) is 23.0 Å². The number of carbonyl (C=O) groups is 2. The Morgan fingerprint density at radius 2 is 1.03 bits per heavy atom. The molecule has 0 unspecified atom stereocenters. The van der Waals surface area contributed by atoms with Crippen LogP contribution in [0.15, 0.2) is 58.3 Å². The fourth-order valence-electron chi connectivity index (χ4n) is 2.37. The topological polar surface area (TPSA) is 105 Å². The van der Waals surface area contributed by atoms with Crippen molar-refractivity contribution in [3.63, 3.8) is 0 Å². The lowest BCUT2D eigenvalue weighted by Gasteiger charge is -2.09. The Balaban J connectivity index is 1.96. The van der Waals surface area contributed by atoms with Crippen LogP contribution in [-0.2, 0) is 28.9 Å². The highest BCUT2D eigenvalue weighted by Gasteiger charge is 2.18. The van der Waals surface area contributed by atoms with Crippen molar-refractivity contribution in [2.24, 2.45) is 0 Å². The Bertz CT molecular complexity index is 877. The third-order valence-electron chi connectivity index (χ3n) is 3.92. The summed E-state index contributed by atoms with van der Waals surface area (Å²) >= 11 is 0. The van der Waals surface area contributed by atoms with Gasteiger partial charge in [-0.05, 0) is 61.4 Å². The van der Waals surface area contributed by atoms with Gasteiger partial charge < -0.3 is 18.9 Å². The molecule has 8 nitrogen and oxygen atoms in total. The van der Waals surface area contributed by atoms with E-state index in [1.807, 2.05) is 13.8 Å². The minimum atomic E-state index is -3.75. The fraction of sp³-hybridized carbons (Fsp3) is 0.364. The monoisotopic (exact) mass is 450 g/mol. The number of rotatable bonds is 12. The van der Waals surface area contributed by atoms with Crippen molar-refractivity contribution in [3.05, 3.63) is 48.5 Å². The van der Waals surface area contributed by atoms with Gasteiger partial charge in [0.15, 0.2) is 13.2 Å². The molecule has 0 atom stereocenters. The van der Waals surface area contributed by atoms with E-state index in [4.69, 9.17) is 18.9 Å². The number of hydrogen-bond donors (Lipinski definition) is 0. The standard InChI is InChI=1S/C22H26O8S/c1-3-13-27-21(23)15-29-17-5-9-19(10-6-17)31(25,26)20-11-7-18(8-12-20)30-16-22(24)28-14-4-2/h5-12H,3-4,13-16H2,1-2H3. The van der Waals surface area contributed by atoms with Gasteiger partial charge >= 0.3 is 11.9 Å². The van der Waals surface area contributed by atoms with E-state index < -0.39 is 21.8 Å². The molecule has 9 heteroatoms. The second-order valence-corrected chi connectivity index (χ2v) is 8.41. The lowest BCUT2D eigenvalue weighted by Crippen LogP contribution is -2.15. The van der Waals surface area contributed by atoms with Crippen LogP contribution in [0.4, 0.5) is 0 Å². The second kappa shape index (κ2) is 11.9. The van der Waals surface area contributed by atoms with Gasteiger partial charge in [0.05, 0.1) is 23.0 Å². The molecule has 0 bridgehead atoms. The van der Waals surface area contributed by atoms with Gasteiger partial charge in [0.2, 0.25) is 9.84 Å². The quantitative estimate of drug-likeness (QED) is 0.454. The van der Waals surface area contributed by atoms with Crippen molar-refractivity contribution in [2.45, 2.75) is 36.5 Å². The SMILES string of the molecule is CCCOC(=O)COc1ccc(S(=O)(=O)c2ccc(OCC(=O)OCCC)cc2)cc1. The lowest BCUT2D eigenvalue weighted by atomic mass is 10.3. The van der Waals surface area contributed by atoms with Crippen LogP contribution in [0.1, 0.15) is 26.7 Å². The number of ether oxygens (including phenoxy) is 4. The van der Waals surface area contributed by atoms with Gasteiger partial charge in [-0.15, -0.1) is 0 Å². The molecule has 0 spiro atoms. The predicted molar refractivity (Wildman–Crippen MR) is 112 cm³/mol. The fourth-order valence-corrected chi connectivity index (χ4v) is 3.63. The normalized spacial score (nSPS) is 10.9. The molecule has 0 heterocycles. The van der Waals surface area contributed by atoms with E-state index in [0.717, 1.165) is 12.8 Å². The molecule has 31 heavy (non-hydrogen) atoms. The van der Waals surface area contributed by atoms with Gasteiger partial charge in [-0.25, -0.2) is 18.0 Å². The molecule has 0 saturated heterocycles. The Morgan fingerprint density at radius 3 is 1.35 bits per heavy atom. The molecule has 0 amide bonds. The Hall–Kier alpha value is -3.07. The lowest BCUT2D eigenvalue weighted by molar-refractivity contribution is -0.146. The van der Waals surface area contributed by atoms with Crippen LogP contribution in [-0.4, -0.2) is 46.8 Å². The van der Waals surface area contributed by atoms with Crippen molar-refractivity contribution in [2.75, 3.05) is 26.4 Å². The summed E-state index contributed by atoms with van der Waals surface area (Å²) in [6.45, 7) is 3.92. The predicted octanol–water partition coefficient (Wildman–Crippen LogP) is 3.18. The van der Waals surface area contributed by atoms with Crippen LogP contribution in [0, 0.1) is 0 Å². The first kappa shape index (κ1) is 24.2. The first-order valence-electron chi connectivity index (χ1n) is 9.89. The zero-order valence-corrected chi connectivity index (χ0v) is 18.4. The molecule has 0 aliphatic heterocycles. The number of benzene rings is 2. The molecule has 0 aliphatic rings. The Kier molecular flexibility index (Phi) is 9.33. The molecule has 0 N–H and O–H groups in total. The van der Waals surface area contributed by atoms with Gasteiger partial charge in [0.25, 0.3) is 0 Å².